The van der Waals surface area contributed by atoms with Crippen LogP contribution in [0.3, 0.4) is 0 Å². The van der Waals surface area contributed by atoms with E-state index in [1.165, 1.54) is 23.9 Å². The van der Waals surface area contributed by atoms with E-state index < -0.39 is 11.6 Å². The second kappa shape index (κ2) is 7.07. The Morgan fingerprint density at radius 1 is 1.15 bits per heavy atom. The summed E-state index contributed by atoms with van der Waals surface area (Å²) < 4.78 is 26.3. The van der Waals surface area contributed by atoms with E-state index in [2.05, 4.69) is 0 Å². The molecule has 0 amide bonds. The molecule has 0 aliphatic rings. The molecule has 2 aromatic carbocycles. The van der Waals surface area contributed by atoms with E-state index >= 15 is 0 Å². The fourth-order valence-electron chi connectivity index (χ4n) is 1.79. The van der Waals surface area contributed by atoms with Crippen LogP contribution >= 0.6 is 23.4 Å². The van der Waals surface area contributed by atoms with Gasteiger partial charge in [-0.05, 0) is 30.2 Å². The molecule has 0 aromatic heterocycles. The molecule has 0 heterocycles. The van der Waals surface area contributed by atoms with Gasteiger partial charge in [0.25, 0.3) is 0 Å². The highest BCUT2D eigenvalue weighted by Gasteiger charge is 2.10. The van der Waals surface area contributed by atoms with Gasteiger partial charge in [-0.3, -0.25) is 0 Å². The highest BCUT2D eigenvalue weighted by molar-refractivity contribution is 7.99. The Kier molecular flexibility index (Phi) is 5.40. The smallest absolute Gasteiger partial charge is 0.129 e. The maximum Gasteiger partial charge on any atom is 0.129 e. The highest BCUT2D eigenvalue weighted by atomic mass is 35.5. The van der Waals surface area contributed by atoms with Crippen LogP contribution in [0.5, 0.6) is 0 Å². The molecule has 0 saturated heterocycles. The van der Waals surface area contributed by atoms with E-state index in [1.807, 2.05) is 24.3 Å². The molecule has 2 aromatic rings. The molecule has 2 N–H and O–H groups in total. The Labute approximate surface area is 126 Å². The maximum absolute atomic E-state index is 13.5. The van der Waals surface area contributed by atoms with Crippen molar-refractivity contribution >= 4 is 23.4 Å². The Morgan fingerprint density at radius 2 is 1.90 bits per heavy atom. The van der Waals surface area contributed by atoms with Crippen molar-refractivity contribution < 1.29 is 8.78 Å². The maximum atomic E-state index is 13.5. The van der Waals surface area contributed by atoms with Gasteiger partial charge in [-0.25, -0.2) is 8.78 Å². The Hall–Kier alpha value is -1.10. The molecule has 0 bridgehead atoms. The molecule has 1 unspecified atom stereocenters. The molecular weight excluding hydrogens is 300 g/mol. The third-order valence-electron chi connectivity index (χ3n) is 2.79. The van der Waals surface area contributed by atoms with E-state index in [9.17, 15) is 8.78 Å². The topological polar surface area (TPSA) is 26.0 Å². The van der Waals surface area contributed by atoms with Gasteiger partial charge in [-0.1, -0.05) is 29.8 Å². The number of rotatable bonds is 5. The summed E-state index contributed by atoms with van der Waals surface area (Å²) in [6.45, 7) is 0. The lowest BCUT2D eigenvalue weighted by Gasteiger charge is -2.12. The zero-order valence-electron chi connectivity index (χ0n) is 10.7. The average molecular weight is 314 g/mol. The molecular formula is C15H14ClF2NS. The summed E-state index contributed by atoms with van der Waals surface area (Å²) in [6, 6.07) is 10.8. The highest BCUT2D eigenvalue weighted by Crippen LogP contribution is 2.27. The number of halogens is 3. The normalized spacial score (nSPS) is 12.4. The van der Waals surface area contributed by atoms with Crippen LogP contribution in [0.15, 0.2) is 47.4 Å². The largest absolute Gasteiger partial charge is 0.327 e. The first-order valence-electron chi connectivity index (χ1n) is 6.13. The summed E-state index contributed by atoms with van der Waals surface area (Å²) in [6.07, 6.45) is 0.365. The molecule has 106 valence electrons. The lowest BCUT2D eigenvalue weighted by atomic mass is 10.1. The van der Waals surface area contributed by atoms with Crippen LogP contribution in [0.25, 0.3) is 0 Å². The molecule has 0 radical (unpaired) electrons. The molecule has 5 heteroatoms. The fraction of sp³-hybridized carbons (Fsp3) is 0.200. The first kappa shape index (κ1) is 15.3. The summed E-state index contributed by atoms with van der Waals surface area (Å²) in [5.74, 6) is -0.519. The van der Waals surface area contributed by atoms with Crippen molar-refractivity contribution in [1.29, 1.82) is 0 Å². The predicted molar refractivity (Wildman–Crippen MR) is 80.2 cm³/mol. The summed E-state index contributed by atoms with van der Waals surface area (Å²) >= 11 is 7.58. The van der Waals surface area contributed by atoms with Crippen molar-refractivity contribution in [3.63, 3.8) is 0 Å². The zero-order chi connectivity index (χ0) is 14.5. The van der Waals surface area contributed by atoms with Crippen LogP contribution in [-0.2, 0) is 6.42 Å². The predicted octanol–water partition coefficient (Wildman–Crippen LogP) is 4.28. The van der Waals surface area contributed by atoms with Crippen LogP contribution in [-0.4, -0.2) is 11.8 Å². The van der Waals surface area contributed by atoms with Gasteiger partial charge in [0, 0.05) is 22.8 Å². The molecule has 1 atom stereocenters. The van der Waals surface area contributed by atoms with Gasteiger partial charge in [-0.15, -0.1) is 11.8 Å². The third kappa shape index (κ3) is 4.20. The molecule has 0 aliphatic heterocycles. The minimum atomic E-state index is -0.578. The van der Waals surface area contributed by atoms with Gasteiger partial charge in [0.2, 0.25) is 0 Å². The lowest BCUT2D eigenvalue weighted by Crippen LogP contribution is -2.26. The van der Waals surface area contributed by atoms with Crippen LogP contribution < -0.4 is 5.73 Å². The van der Waals surface area contributed by atoms with Gasteiger partial charge in [-0.2, -0.15) is 0 Å². The molecule has 0 aliphatic carbocycles. The quantitative estimate of drug-likeness (QED) is 0.834. The Morgan fingerprint density at radius 3 is 2.60 bits per heavy atom. The SMILES string of the molecule is NC(CSc1ccccc1Cl)Cc1ccc(F)cc1F. The number of nitrogens with two attached hydrogens (primary N) is 1. The van der Waals surface area contributed by atoms with Crippen molar-refractivity contribution in [2.75, 3.05) is 5.75 Å². The van der Waals surface area contributed by atoms with E-state index in [1.54, 1.807) is 0 Å². The number of hydrogen-bond donors (Lipinski definition) is 1. The fourth-order valence-corrected chi connectivity index (χ4v) is 2.98. The summed E-state index contributed by atoms with van der Waals surface area (Å²) in [5, 5.41) is 0.678. The van der Waals surface area contributed by atoms with E-state index in [0.717, 1.165) is 11.0 Å². The second-order valence-electron chi connectivity index (χ2n) is 4.44. The van der Waals surface area contributed by atoms with Crippen molar-refractivity contribution in [2.24, 2.45) is 5.73 Å². The lowest BCUT2D eigenvalue weighted by molar-refractivity contribution is 0.565. The molecule has 1 nitrogen and oxygen atoms in total. The zero-order valence-corrected chi connectivity index (χ0v) is 12.2. The van der Waals surface area contributed by atoms with E-state index in [0.29, 0.717) is 22.8 Å². The third-order valence-corrected chi connectivity index (χ3v) is 4.49. The summed E-state index contributed by atoms with van der Waals surface area (Å²) in [4.78, 5) is 0.948. The number of hydrogen-bond acceptors (Lipinski definition) is 2. The van der Waals surface area contributed by atoms with E-state index in [-0.39, 0.29) is 6.04 Å². The van der Waals surface area contributed by atoms with Gasteiger partial charge < -0.3 is 5.73 Å². The van der Waals surface area contributed by atoms with Crippen LogP contribution in [0, 0.1) is 11.6 Å². The Bertz CT molecular complexity index is 592. The van der Waals surface area contributed by atoms with Gasteiger partial charge in [0.1, 0.15) is 11.6 Å². The standard InChI is InChI=1S/C15H14ClF2NS/c16-13-3-1-2-4-15(13)20-9-12(19)7-10-5-6-11(17)8-14(10)18/h1-6,8,12H,7,9,19H2. The second-order valence-corrected chi connectivity index (χ2v) is 5.91. The van der Waals surface area contributed by atoms with E-state index in [4.69, 9.17) is 17.3 Å². The molecule has 0 fully saturated rings. The minimum absolute atomic E-state index is 0.226. The summed E-state index contributed by atoms with van der Waals surface area (Å²) in [7, 11) is 0. The molecule has 0 spiro atoms. The molecule has 20 heavy (non-hydrogen) atoms. The first-order valence-corrected chi connectivity index (χ1v) is 7.49. The van der Waals surface area contributed by atoms with Gasteiger partial charge >= 0.3 is 0 Å². The van der Waals surface area contributed by atoms with Crippen LogP contribution in [0.1, 0.15) is 5.56 Å². The number of benzene rings is 2. The number of thioether (sulfide) groups is 1. The van der Waals surface area contributed by atoms with Crippen molar-refractivity contribution in [1.82, 2.24) is 0 Å². The summed E-state index contributed by atoms with van der Waals surface area (Å²) in [5.41, 5.74) is 6.42. The molecule has 2 rings (SSSR count). The van der Waals surface area contributed by atoms with Crippen LogP contribution in [0.2, 0.25) is 5.02 Å². The van der Waals surface area contributed by atoms with Crippen molar-refractivity contribution in [2.45, 2.75) is 17.4 Å². The van der Waals surface area contributed by atoms with Crippen LogP contribution in [0.4, 0.5) is 8.78 Å². The van der Waals surface area contributed by atoms with Crippen molar-refractivity contribution in [3.05, 3.63) is 64.7 Å². The monoisotopic (exact) mass is 313 g/mol. The Balaban J connectivity index is 1.92. The first-order chi connectivity index (χ1) is 9.56. The van der Waals surface area contributed by atoms with Gasteiger partial charge in [0.15, 0.2) is 0 Å². The minimum Gasteiger partial charge on any atom is -0.327 e. The van der Waals surface area contributed by atoms with Gasteiger partial charge in [0.05, 0.1) is 5.02 Å². The van der Waals surface area contributed by atoms with Crippen molar-refractivity contribution in [3.8, 4) is 0 Å². The molecule has 0 saturated carbocycles. The average Bonchev–Trinajstić information content (AvgIpc) is 2.41.